The molecule has 1 aromatic heterocycles. The van der Waals surface area contributed by atoms with E-state index in [0.29, 0.717) is 0 Å². The zero-order valence-electron chi connectivity index (χ0n) is 30.7. The minimum atomic E-state index is 1.10. The summed E-state index contributed by atoms with van der Waals surface area (Å²) in [5.41, 5.74) is 11.7. The van der Waals surface area contributed by atoms with E-state index in [0.717, 1.165) is 22.7 Å². The van der Waals surface area contributed by atoms with Crippen molar-refractivity contribution in [1.82, 2.24) is 4.57 Å². The fraction of sp³-hybridized carbons (Fsp3) is 0. The molecule has 10 aromatic carbocycles. The average Bonchev–Trinajstić information content (AvgIpc) is 3.60. The monoisotopic (exact) mass is 712 g/mol. The van der Waals surface area contributed by atoms with Crippen molar-refractivity contribution in [3.8, 4) is 27.9 Å². The molecule has 0 aliphatic rings. The van der Waals surface area contributed by atoms with Crippen LogP contribution in [-0.4, -0.2) is 4.57 Å². The molecule has 2 heteroatoms. The van der Waals surface area contributed by atoms with Crippen LogP contribution in [0.15, 0.2) is 218 Å². The third-order valence-corrected chi connectivity index (χ3v) is 11.3. The molecule has 2 nitrogen and oxygen atoms in total. The molecule has 1 heterocycles. The Morgan fingerprint density at radius 1 is 0.286 bits per heavy atom. The van der Waals surface area contributed by atoms with Gasteiger partial charge in [0.2, 0.25) is 0 Å². The van der Waals surface area contributed by atoms with Crippen LogP contribution in [0.2, 0.25) is 0 Å². The highest BCUT2D eigenvalue weighted by atomic mass is 15.1. The van der Waals surface area contributed by atoms with E-state index < -0.39 is 0 Å². The van der Waals surface area contributed by atoms with Crippen LogP contribution < -0.4 is 4.90 Å². The molecule has 0 saturated carbocycles. The Kier molecular flexibility index (Phi) is 7.53. The first kappa shape index (κ1) is 32.0. The molecule has 0 N–H and O–H groups in total. The minimum Gasteiger partial charge on any atom is -0.310 e. The van der Waals surface area contributed by atoms with Gasteiger partial charge < -0.3 is 9.47 Å². The molecule has 56 heavy (non-hydrogen) atoms. The summed E-state index contributed by atoms with van der Waals surface area (Å²) in [5.74, 6) is 0. The number of hydrogen-bond donors (Lipinski definition) is 0. The third-order valence-electron chi connectivity index (χ3n) is 11.3. The number of fused-ring (bicyclic) bond motifs is 7. The van der Waals surface area contributed by atoms with Gasteiger partial charge in [0.05, 0.1) is 11.0 Å². The smallest absolute Gasteiger partial charge is 0.0542 e. The molecule has 0 aliphatic carbocycles. The van der Waals surface area contributed by atoms with E-state index in [9.17, 15) is 0 Å². The standard InChI is InChI=1S/C54H36N2/c1-3-12-38(13-4-1)48-20-11-15-40-24-25-42(34-50(40)48)37-26-29-44(30-27-37)55(45-31-28-41-23-22-39-14-7-8-18-47(39)51(41)35-45)46-32-33-54-52(36-46)49-19-9-10-21-53(49)56(54)43-16-5-2-6-17-43/h1-36H. The van der Waals surface area contributed by atoms with Crippen molar-refractivity contribution in [3.05, 3.63) is 218 Å². The summed E-state index contributed by atoms with van der Waals surface area (Å²) in [6.45, 7) is 0. The summed E-state index contributed by atoms with van der Waals surface area (Å²) in [7, 11) is 0. The van der Waals surface area contributed by atoms with Gasteiger partial charge in [-0.05, 0) is 121 Å². The summed E-state index contributed by atoms with van der Waals surface area (Å²) in [6, 6.07) is 79.5. The van der Waals surface area contributed by atoms with Gasteiger partial charge in [-0.1, -0.05) is 152 Å². The Labute approximate surface area is 325 Å². The van der Waals surface area contributed by atoms with Crippen molar-refractivity contribution in [2.24, 2.45) is 0 Å². The second kappa shape index (κ2) is 13.2. The van der Waals surface area contributed by atoms with Gasteiger partial charge in [-0.25, -0.2) is 0 Å². The Hall–Kier alpha value is -7.42. The highest BCUT2D eigenvalue weighted by Crippen LogP contribution is 2.42. The molecule has 11 rings (SSSR count). The molecule has 0 bridgehead atoms. The molecule has 0 radical (unpaired) electrons. The van der Waals surface area contributed by atoms with Crippen LogP contribution in [0, 0.1) is 0 Å². The minimum absolute atomic E-state index is 1.10. The van der Waals surface area contributed by atoms with Crippen molar-refractivity contribution in [2.75, 3.05) is 4.90 Å². The summed E-state index contributed by atoms with van der Waals surface area (Å²) in [5, 5.41) is 9.94. The molecule has 0 amide bonds. The first-order valence-corrected chi connectivity index (χ1v) is 19.3. The van der Waals surface area contributed by atoms with Crippen molar-refractivity contribution in [2.45, 2.75) is 0 Å². The second-order valence-electron chi connectivity index (χ2n) is 14.6. The Bertz CT molecular complexity index is 3230. The number of anilines is 3. The molecular formula is C54H36N2. The highest BCUT2D eigenvalue weighted by molar-refractivity contribution is 6.12. The van der Waals surface area contributed by atoms with Crippen LogP contribution in [-0.2, 0) is 0 Å². The van der Waals surface area contributed by atoms with E-state index >= 15 is 0 Å². The van der Waals surface area contributed by atoms with Gasteiger partial charge >= 0.3 is 0 Å². The van der Waals surface area contributed by atoms with Crippen LogP contribution in [0.4, 0.5) is 17.1 Å². The first-order chi connectivity index (χ1) is 27.8. The molecular weight excluding hydrogens is 677 g/mol. The largest absolute Gasteiger partial charge is 0.310 e. The Balaban J connectivity index is 1.08. The molecule has 0 unspecified atom stereocenters. The van der Waals surface area contributed by atoms with Gasteiger partial charge in [0.1, 0.15) is 0 Å². The van der Waals surface area contributed by atoms with Crippen molar-refractivity contribution in [3.63, 3.8) is 0 Å². The lowest BCUT2D eigenvalue weighted by Gasteiger charge is -2.26. The number of aromatic nitrogens is 1. The quantitative estimate of drug-likeness (QED) is 0.156. The van der Waals surface area contributed by atoms with Crippen molar-refractivity contribution < 1.29 is 0 Å². The SMILES string of the molecule is c1ccc(-c2cccc3ccc(-c4ccc(N(c5ccc6ccc7ccccc7c6c5)c5ccc6c(c5)c5ccccc5n6-c5ccccc5)cc4)cc23)cc1. The lowest BCUT2D eigenvalue weighted by atomic mass is 9.95. The van der Waals surface area contributed by atoms with Gasteiger partial charge in [0, 0.05) is 33.5 Å². The molecule has 0 fully saturated rings. The zero-order chi connectivity index (χ0) is 37.0. The van der Waals surface area contributed by atoms with Crippen molar-refractivity contribution in [1.29, 1.82) is 0 Å². The van der Waals surface area contributed by atoms with E-state index in [4.69, 9.17) is 0 Å². The summed E-state index contributed by atoms with van der Waals surface area (Å²) >= 11 is 0. The summed E-state index contributed by atoms with van der Waals surface area (Å²) < 4.78 is 2.38. The predicted molar refractivity (Wildman–Crippen MR) is 239 cm³/mol. The number of para-hydroxylation sites is 2. The fourth-order valence-corrected chi connectivity index (χ4v) is 8.66. The lowest BCUT2D eigenvalue weighted by Crippen LogP contribution is -2.10. The topological polar surface area (TPSA) is 8.17 Å². The van der Waals surface area contributed by atoms with Gasteiger partial charge in [0.15, 0.2) is 0 Å². The Morgan fingerprint density at radius 2 is 0.839 bits per heavy atom. The maximum absolute atomic E-state index is 2.41. The maximum atomic E-state index is 2.41. The summed E-state index contributed by atoms with van der Waals surface area (Å²) in [4.78, 5) is 2.41. The van der Waals surface area contributed by atoms with Crippen LogP contribution in [0.1, 0.15) is 0 Å². The van der Waals surface area contributed by atoms with Crippen LogP contribution >= 0.6 is 0 Å². The predicted octanol–water partition coefficient (Wildman–Crippen LogP) is 15.0. The van der Waals surface area contributed by atoms with Gasteiger partial charge in [-0.2, -0.15) is 0 Å². The van der Waals surface area contributed by atoms with Crippen molar-refractivity contribution >= 4 is 71.2 Å². The van der Waals surface area contributed by atoms with E-state index in [-0.39, 0.29) is 0 Å². The van der Waals surface area contributed by atoms with Crippen LogP contribution in [0.5, 0.6) is 0 Å². The maximum Gasteiger partial charge on any atom is 0.0542 e. The van der Waals surface area contributed by atoms with E-state index in [1.165, 1.54) is 76.4 Å². The molecule has 0 aliphatic heterocycles. The lowest BCUT2D eigenvalue weighted by molar-refractivity contribution is 1.18. The molecule has 0 saturated heterocycles. The molecule has 262 valence electrons. The second-order valence-corrected chi connectivity index (χ2v) is 14.6. The zero-order valence-corrected chi connectivity index (χ0v) is 30.7. The van der Waals surface area contributed by atoms with Gasteiger partial charge in [0.25, 0.3) is 0 Å². The van der Waals surface area contributed by atoms with Crippen LogP contribution in [0.25, 0.3) is 82.1 Å². The Morgan fingerprint density at radius 3 is 1.66 bits per heavy atom. The summed E-state index contributed by atoms with van der Waals surface area (Å²) in [6.07, 6.45) is 0. The van der Waals surface area contributed by atoms with Gasteiger partial charge in [-0.15, -0.1) is 0 Å². The van der Waals surface area contributed by atoms with E-state index in [1.807, 2.05) is 0 Å². The van der Waals surface area contributed by atoms with Gasteiger partial charge in [-0.3, -0.25) is 0 Å². The molecule has 0 spiro atoms. The molecule has 11 aromatic rings. The highest BCUT2D eigenvalue weighted by Gasteiger charge is 2.18. The number of hydrogen-bond acceptors (Lipinski definition) is 1. The average molecular weight is 713 g/mol. The fourth-order valence-electron chi connectivity index (χ4n) is 8.66. The number of benzene rings is 10. The number of rotatable bonds is 6. The molecule has 0 atom stereocenters. The third kappa shape index (κ3) is 5.34. The van der Waals surface area contributed by atoms with E-state index in [2.05, 4.69) is 228 Å². The number of nitrogens with zero attached hydrogens (tertiary/aromatic N) is 2. The van der Waals surface area contributed by atoms with Crippen LogP contribution in [0.3, 0.4) is 0 Å². The normalized spacial score (nSPS) is 11.6. The first-order valence-electron chi connectivity index (χ1n) is 19.3. The van der Waals surface area contributed by atoms with E-state index in [1.54, 1.807) is 0 Å².